The lowest BCUT2D eigenvalue weighted by molar-refractivity contribution is -0.138. The van der Waals surface area contributed by atoms with Crippen molar-refractivity contribution in [2.75, 3.05) is 19.3 Å². The zero-order chi connectivity index (χ0) is 29.6. The van der Waals surface area contributed by atoms with Gasteiger partial charge in [-0.3, -0.25) is 14.5 Å². The van der Waals surface area contributed by atoms with Gasteiger partial charge in [-0.05, 0) is 91.1 Å². The van der Waals surface area contributed by atoms with Crippen molar-refractivity contribution >= 4 is 21.6 Å². The van der Waals surface area contributed by atoms with E-state index in [9.17, 15) is 22.4 Å². The molecule has 4 rings (SSSR count). The summed E-state index contributed by atoms with van der Waals surface area (Å²) in [4.78, 5) is 25.8. The van der Waals surface area contributed by atoms with Gasteiger partial charge in [0.2, 0.25) is 0 Å². The third-order valence-electron chi connectivity index (χ3n) is 8.06. The number of Topliss-reactive ketones (excluding diaryl/α,β-unsaturated/α-hetero) is 1. The lowest BCUT2D eigenvalue weighted by Gasteiger charge is -2.28. The Balaban J connectivity index is 1.28. The lowest BCUT2D eigenvalue weighted by Crippen LogP contribution is -2.26. The van der Waals surface area contributed by atoms with Gasteiger partial charge in [0.1, 0.15) is 11.6 Å². The monoisotopic (exact) mass is 579 g/mol. The quantitative estimate of drug-likeness (QED) is 0.269. The Labute approximate surface area is 242 Å². The predicted octanol–water partition coefficient (Wildman–Crippen LogP) is 6.35. The summed E-state index contributed by atoms with van der Waals surface area (Å²) in [6.45, 7) is 2.47. The third-order valence-corrected chi connectivity index (χ3v) is 9.96. The largest absolute Gasteiger partial charge is 0.480 e. The van der Waals surface area contributed by atoms with E-state index in [1.165, 1.54) is 12.1 Å². The molecule has 3 aromatic carbocycles. The van der Waals surface area contributed by atoms with Crippen molar-refractivity contribution in [3.05, 3.63) is 89.7 Å². The van der Waals surface area contributed by atoms with Crippen molar-refractivity contribution in [3.8, 4) is 11.1 Å². The maximum Gasteiger partial charge on any atom is 0.317 e. The molecule has 1 fully saturated rings. The number of rotatable bonds is 12. The maximum absolute atomic E-state index is 13.2. The Kier molecular flexibility index (Phi) is 10.1. The minimum absolute atomic E-state index is 0.0210. The molecular formula is C33H38FNO5S. The van der Waals surface area contributed by atoms with E-state index in [1.54, 1.807) is 36.2 Å². The minimum atomic E-state index is -3.45. The first kappa shape index (κ1) is 30.6. The smallest absolute Gasteiger partial charge is 0.317 e. The molecule has 0 spiro atoms. The van der Waals surface area contributed by atoms with Gasteiger partial charge in [-0.15, -0.1) is 0 Å². The van der Waals surface area contributed by atoms with Crippen LogP contribution < -0.4 is 0 Å². The Hall–Kier alpha value is -3.36. The number of carbonyl (C=O) groups excluding carboxylic acids is 1. The summed E-state index contributed by atoms with van der Waals surface area (Å²) in [6.07, 6.45) is 3.25. The van der Waals surface area contributed by atoms with Crippen LogP contribution >= 0.6 is 0 Å². The van der Waals surface area contributed by atoms with Crippen molar-refractivity contribution in [1.29, 1.82) is 0 Å². The summed E-state index contributed by atoms with van der Waals surface area (Å²) in [5.74, 6) is -0.858. The second kappa shape index (κ2) is 13.5. The highest BCUT2D eigenvalue weighted by Gasteiger charge is 2.30. The van der Waals surface area contributed by atoms with Crippen LogP contribution in [0.15, 0.2) is 77.7 Å². The summed E-state index contributed by atoms with van der Waals surface area (Å²) in [5.41, 5.74) is 3.80. The molecule has 8 heteroatoms. The number of ketones is 1. The van der Waals surface area contributed by atoms with Crippen LogP contribution in [0.5, 0.6) is 0 Å². The van der Waals surface area contributed by atoms with Crippen molar-refractivity contribution in [2.45, 2.75) is 56.4 Å². The number of carboxylic acids is 1. The molecule has 0 aromatic heterocycles. The topological polar surface area (TPSA) is 91.8 Å². The number of hydrogen-bond donors (Lipinski definition) is 1. The SMILES string of the molecule is C[C@@H](CC(=O)C1CCC(CS(=O)(=O)c2ccc(-c3ccc(CN(C)CC(=O)O)cc3)cc2)CC1)c1ccc(F)cc1. The van der Waals surface area contributed by atoms with Crippen LogP contribution in [-0.4, -0.2) is 49.5 Å². The van der Waals surface area contributed by atoms with E-state index in [0.717, 1.165) is 22.3 Å². The molecule has 1 aliphatic rings. The number of aliphatic carboxylic acids is 1. The predicted molar refractivity (Wildman–Crippen MR) is 158 cm³/mol. The molecule has 6 nitrogen and oxygen atoms in total. The summed E-state index contributed by atoms with van der Waals surface area (Å²) in [7, 11) is -1.70. The molecule has 1 aliphatic carbocycles. The highest BCUT2D eigenvalue weighted by molar-refractivity contribution is 7.91. The van der Waals surface area contributed by atoms with Crippen LogP contribution in [0.25, 0.3) is 11.1 Å². The molecule has 1 N–H and O–H groups in total. The van der Waals surface area contributed by atoms with Gasteiger partial charge in [-0.2, -0.15) is 0 Å². The van der Waals surface area contributed by atoms with Gasteiger partial charge in [0, 0.05) is 18.9 Å². The van der Waals surface area contributed by atoms with E-state index in [4.69, 9.17) is 5.11 Å². The fourth-order valence-corrected chi connectivity index (χ4v) is 7.39. The Morgan fingerprint density at radius 1 is 0.902 bits per heavy atom. The first-order chi connectivity index (χ1) is 19.5. The summed E-state index contributed by atoms with van der Waals surface area (Å²) in [5, 5.41) is 8.92. The second-order valence-corrected chi connectivity index (χ2v) is 13.4. The minimum Gasteiger partial charge on any atom is -0.480 e. The molecule has 0 unspecified atom stereocenters. The van der Waals surface area contributed by atoms with Gasteiger partial charge in [0.15, 0.2) is 9.84 Å². The van der Waals surface area contributed by atoms with Gasteiger partial charge in [0.25, 0.3) is 0 Å². The number of nitrogens with zero attached hydrogens (tertiary/aromatic N) is 1. The molecule has 0 saturated heterocycles. The molecule has 1 saturated carbocycles. The van der Waals surface area contributed by atoms with Crippen LogP contribution in [0.1, 0.15) is 56.1 Å². The van der Waals surface area contributed by atoms with E-state index in [-0.39, 0.29) is 41.7 Å². The Morgan fingerprint density at radius 2 is 1.46 bits per heavy atom. The Bertz CT molecular complexity index is 1430. The fraction of sp³-hybridized carbons (Fsp3) is 0.394. The van der Waals surface area contributed by atoms with Crippen molar-refractivity contribution in [3.63, 3.8) is 0 Å². The van der Waals surface area contributed by atoms with Gasteiger partial charge >= 0.3 is 5.97 Å². The number of halogens is 1. The summed E-state index contributed by atoms with van der Waals surface area (Å²) >= 11 is 0. The number of benzene rings is 3. The van der Waals surface area contributed by atoms with E-state index in [1.807, 2.05) is 43.3 Å². The third kappa shape index (κ3) is 8.57. The number of carbonyl (C=O) groups is 2. The zero-order valence-electron chi connectivity index (χ0n) is 23.6. The maximum atomic E-state index is 13.2. The van der Waals surface area contributed by atoms with E-state index in [2.05, 4.69) is 0 Å². The molecule has 0 radical (unpaired) electrons. The Morgan fingerprint density at radius 3 is 2.02 bits per heavy atom. The van der Waals surface area contributed by atoms with Crippen LogP contribution in [0, 0.1) is 17.7 Å². The number of carboxylic acid groups (broad SMARTS) is 1. The number of hydrogen-bond acceptors (Lipinski definition) is 5. The number of likely N-dealkylation sites (N-methyl/N-ethyl adjacent to an activating group) is 1. The molecule has 41 heavy (non-hydrogen) atoms. The normalized spacial score (nSPS) is 18.2. The molecule has 0 bridgehead atoms. The highest BCUT2D eigenvalue weighted by Crippen LogP contribution is 2.34. The molecule has 0 amide bonds. The second-order valence-electron chi connectivity index (χ2n) is 11.4. The standard InChI is InChI=1S/C33H38FNO5S/c1-23(26-11-15-30(34)16-12-26)19-32(36)29-9-5-25(6-10-29)22-41(39,40)31-17-13-28(14-18-31)27-7-3-24(4-8-27)20-35(2)21-33(37)38/h3-4,7-8,11-18,23,25,29H,5-6,9-10,19-22H2,1-2H3,(H,37,38)/t23-,25?,29?/m0/s1. The molecular weight excluding hydrogens is 541 g/mol. The fourth-order valence-electron chi connectivity index (χ4n) is 5.69. The van der Waals surface area contributed by atoms with Gasteiger partial charge < -0.3 is 5.11 Å². The summed E-state index contributed by atoms with van der Waals surface area (Å²) < 4.78 is 39.5. The lowest BCUT2D eigenvalue weighted by atomic mass is 9.78. The zero-order valence-corrected chi connectivity index (χ0v) is 24.4. The highest BCUT2D eigenvalue weighted by atomic mass is 32.2. The van der Waals surface area contributed by atoms with Crippen LogP contribution in [0.3, 0.4) is 0 Å². The number of sulfone groups is 1. The average Bonchev–Trinajstić information content (AvgIpc) is 2.93. The van der Waals surface area contributed by atoms with E-state index < -0.39 is 15.8 Å². The van der Waals surface area contributed by atoms with Crippen molar-refractivity contribution in [1.82, 2.24) is 4.90 Å². The van der Waals surface area contributed by atoms with Gasteiger partial charge in [0.05, 0.1) is 17.2 Å². The van der Waals surface area contributed by atoms with Crippen molar-refractivity contribution < 1.29 is 27.5 Å². The van der Waals surface area contributed by atoms with Crippen LogP contribution in [0.2, 0.25) is 0 Å². The average molecular weight is 580 g/mol. The van der Waals surface area contributed by atoms with E-state index in [0.29, 0.717) is 43.5 Å². The van der Waals surface area contributed by atoms with Crippen LogP contribution in [-0.2, 0) is 26.0 Å². The van der Waals surface area contributed by atoms with Gasteiger partial charge in [-0.1, -0.05) is 55.5 Å². The van der Waals surface area contributed by atoms with E-state index >= 15 is 0 Å². The van der Waals surface area contributed by atoms with Crippen LogP contribution in [0.4, 0.5) is 4.39 Å². The summed E-state index contributed by atoms with van der Waals surface area (Å²) in [6, 6.07) is 21.0. The first-order valence-electron chi connectivity index (χ1n) is 14.1. The molecule has 0 heterocycles. The first-order valence-corrected chi connectivity index (χ1v) is 15.8. The molecule has 0 aliphatic heterocycles. The molecule has 1 atom stereocenters. The van der Waals surface area contributed by atoms with Crippen molar-refractivity contribution in [2.24, 2.45) is 11.8 Å². The molecule has 3 aromatic rings. The van der Waals surface area contributed by atoms with Gasteiger partial charge in [-0.25, -0.2) is 12.8 Å². The molecule has 218 valence electrons.